The zero-order valence-corrected chi connectivity index (χ0v) is 13.4. The molecule has 1 saturated carbocycles. The summed E-state index contributed by atoms with van der Waals surface area (Å²) in [5, 5.41) is 0. The van der Waals surface area contributed by atoms with Gasteiger partial charge in [0.1, 0.15) is 5.52 Å². The van der Waals surface area contributed by atoms with Crippen molar-refractivity contribution in [2.45, 2.75) is 25.3 Å². The number of nitrogens with two attached hydrogens (primary N) is 2. The molecular formula is C13H19N7O2S. The Balaban J connectivity index is 1.49. The summed E-state index contributed by atoms with van der Waals surface area (Å²) in [6.07, 6.45) is 4.73. The highest BCUT2D eigenvalue weighted by Gasteiger charge is 2.38. The first-order chi connectivity index (χ1) is 10.9. The zero-order valence-electron chi connectivity index (χ0n) is 12.6. The van der Waals surface area contributed by atoms with Gasteiger partial charge in [0.05, 0.1) is 18.1 Å². The summed E-state index contributed by atoms with van der Waals surface area (Å²) in [5.74, 6) is 1.18. The third kappa shape index (κ3) is 2.61. The molecule has 0 unspecified atom stereocenters. The van der Waals surface area contributed by atoms with Crippen LogP contribution in [0, 0.1) is 5.92 Å². The fourth-order valence-corrected chi connectivity index (χ4v) is 4.58. The van der Waals surface area contributed by atoms with E-state index in [1.807, 2.05) is 4.57 Å². The second-order valence-corrected chi connectivity index (χ2v) is 8.40. The molecule has 4 N–H and O–H groups in total. The quantitative estimate of drug-likeness (QED) is 0.783. The maximum Gasteiger partial charge on any atom is 0.224 e. The van der Waals surface area contributed by atoms with Crippen LogP contribution in [-0.2, 0) is 10.0 Å². The minimum Gasteiger partial charge on any atom is -0.382 e. The lowest BCUT2D eigenvalue weighted by Gasteiger charge is -2.38. The van der Waals surface area contributed by atoms with Crippen molar-refractivity contribution >= 4 is 33.0 Å². The third-order valence-electron chi connectivity index (χ3n) is 4.56. The average molecular weight is 337 g/mol. The van der Waals surface area contributed by atoms with Crippen molar-refractivity contribution in [3.63, 3.8) is 0 Å². The van der Waals surface area contributed by atoms with Crippen LogP contribution in [0.4, 0.5) is 11.8 Å². The Morgan fingerprint density at radius 1 is 1.22 bits per heavy atom. The number of imidazole rings is 1. The summed E-state index contributed by atoms with van der Waals surface area (Å²) in [4.78, 5) is 12.3. The molecule has 0 aromatic carbocycles. The van der Waals surface area contributed by atoms with E-state index in [0.29, 0.717) is 30.2 Å². The van der Waals surface area contributed by atoms with Gasteiger partial charge in [-0.3, -0.25) is 0 Å². The Kier molecular flexibility index (Phi) is 3.20. The molecule has 4 rings (SSSR count). The Morgan fingerprint density at radius 3 is 2.65 bits per heavy atom. The van der Waals surface area contributed by atoms with Gasteiger partial charge < -0.3 is 16.0 Å². The number of nitrogen functional groups attached to an aromatic ring is 2. The van der Waals surface area contributed by atoms with Crippen molar-refractivity contribution in [1.82, 2.24) is 23.8 Å². The first-order valence-corrected chi connectivity index (χ1v) is 9.28. The van der Waals surface area contributed by atoms with E-state index < -0.39 is 10.0 Å². The molecule has 1 saturated heterocycles. The van der Waals surface area contributed by atoms with Gasteiger partial charge in [-0.25, -0.2) is 13.4 Å². The minimum atomic E-state index is -3.15. The predicted molar refractivity (Wildman–Crippen MR) is 85.9 cm³/mol. The van der Waals surface area contributed by atoms with E-state index >= 15 is 0 Å². The summed E-state index contributed by atoms with van der Waals surface area (Å²) in [5.41, 5.74) is 12.5. The number of aromatic nitrogens is 4. The predicted octanol–water partition coefficient (Wildman–Crippen LogP) is -0.0227. The smallest absolute Gasteiger partial charge is 0.224 e. The number of fused-ring (bicyclic) bond motifs is 1. The molecule has 9 nitrogen and oxygen atoms in total. The molecular weight excluding hydrogens is 318 g/mol. The van der Waals surface area contributed by atoms with Gasteiger partial charge in [-0.15, -0.1) is 0 Å². The molecule has 0 atom stereocenters. The Morgan fingerprint density at radius 2 is 1.96 bits per heavy atom. The molecule has 1 aliphatic heterocycles. The van der Waals surface area contributed by atoms with Crippen LogP contribution in [0.1, 0.15) is 25.3 Å². The molecule has 2 fully saturated rings. The van der Waals surface area contributed by atoms with E-state index in [1.165, 1.54) is 17.1 Å². The van der Waals surface area contributed by atoms with Crippen molar-refractivity contribution in [3.05, 3.63) is 6.33 Å². The largest absolute Gasteiger partial charge is 0.382 e. The topological polar surface area (TPSA) is 133 Å². The van der Waals surface area contributed by atoms with Gasteiger partial charge in [0.15, 0.2) is 11.5 Å². The first kappa shape index (κ1) is 14.6. The van der Waals surface area contributed by atoms with E-state index in [0.717, 1.165) is 6.42 Å². The number of hydrogen-bond acceptors (Lipinski definition) is 7. The highest BCUT2D eigenvalue weighted by Crippen LogP contribution is 2.34. The molecule has 2 aliphatic rings. The van der Waals surface area contributed by atoms with Crippen LogP contribution in [0.3, 0.4) is 0 Å². The second-order valence-electron chi connectivity index (χ2n) is 6.31. The van der Waals surface area contributed by atoms with Crippen LogP contribution in [0.2, 0.25) is 0 Å². The van der Waals surface area contributed by atoms with Crippen molar-refractivity contribution in [1.29, 1.82) is 0 Å². The lowest BCUT2D eigenvalue weighted by molar-refractivity contribution is 0.207. The van der Waals surface area contributed by atoms with E-state index in [1.54, 1.807) is 6.33 Å². The fourth-order valence-electron chi connectivity index (χ4n) is 2.89. The van der Waals surface area contributed by atoms with Crippen molar-refractivity contribution in [2.75, 3.05) is 30.3 Å². The van der Waals surface area contributed by atoms with Gasteiger partial charge >= 0.3 is 0 Å². The van der Waals surface area contributed by atoms with E-state index in [2.05, 4.69) is 15.0 Å². The number of rotatable bonds is 5. The molecule has 2 aromatic heterocycles. The summed E-state index contributed by atoms with van der Waals surface area (Å²) in [6.45, 7) is 0.866. The molecule has 3 heterocycles. The number of hydrogen-bond donors (Lipinski definition) is 2. The van der Waals surface area contributed by atoms with Crippen molar-refractivity contribution in [3.8, 4) is 0 Å². The van der Waals surface area contributed by atoms with Crippen molar-refractivity contribution < 1.29 is 8.42 Å². The van der Waals surface area contributed by atoms with Crippen LogP contribution in [-0.4, -0.2) is 51.1 Å². The SMILES string of the molecule is Nc1nc(N)c2ncn(C3CN(S(=O)(=O)CCC4CC4)C3)c2n1. The highest BCUT2D eigenvalue weighted by atomic mass is 32.2. The normalized spacial score (nSPS) is 20.0. The minimum absolute atomic E-state index is 0.00407. The average Bonchev–Trinajstić information content (AvgIpc) is 3.16. The lowest BCUT2D eigenvalue weighted by atomic mass is 10.2. The van der Waals surface area contributed by atoms with Crippen LogP contribution in [0.15, 0.2) is 6.33 Å². The van der Waals surface area contributed by atoms with Crippen LogP contribution in [0.25, 0.3) is 11.2 Å². The number of anilines is 2. The summed E-state index contributed by atoms with van der Waals surface area (Å²) < 4.78 is 27.9. The van der Waals surface area contributed by atoms with Crippen LogP contribution in [0.5, 0.6) is 0 Å². The maximum absolute atomic E-state index is 12.3. The van der Waals surface area contributed by atoms with E-state index in [-0.39, 0.29) is 23.6 Å². The number of sulfonamides is 1. The van der Waals surface area contributed by atoms with Crippen LogP contribution < -0.4 is 11.5 Å². The standard InChI is InChI=1S/C13H19N7O2S/c14-11-10-12(18-13(15)17-11)20(7-16-10)9-5-19(6-9)23(21,22)4-3-8-1-2-8/h7-9H,1-6H2,(H4,14,15,17,18). The van der Waals surface area contributed by atoms with Gasteiger partial charge in [-0.05, 0) is 12.3 Å². The Hall–Kier alpha value is -1.94. The molecule has 0 bridgehead atoms. The molecule has 0 radical (unpaired) electrons. The van der Waals surface area contributed by atoms with Crippen molar-refractivity contribution in [2.24, 2.45) is 5.92 Å². The lowest BCUT2D eigenvalue weighted by Crippen LogP contribution is -2.51. The zero-order chi connectivity index (χ0) is 16.2. The highest BCUT2D eigenvalue weighted by molar-refractivity contribution is 7.89. The molecule has 1 aliphatic carbocycles. The Bertz CT molecular complexity index is 853. The van der Waals surface area contributed by atoms with Gasteiger partial charge in [0, 0.05) is 13.1 Å². The van der Waals surface area contributed by atoms with Gasteiger partial charge in [-0.2, -0.15) is 14.3 Å². The van der Waals surface area contributed by atoms with Gasteiger partial charge in [0.25, 0.3) is 0 Å². The van der Waals surface area contributed by atoms with Crippen LogP contribution >= 0.6 is 0 Å². The Labute approximate surface area is 133 Å². The van der Waals surface area contributed by atoms with Gasteiger partial charge in [0.2, 0.25) is 16.0 Å². The summed E-state index contributed by atoms with van der Waals surface area (Å²) in [6, 6.07) is 0.00407. The maximum atomic E-state index is 12.3. The van der Waals surface area contributed by atoms with E-state index in [9.17, 15) is 8.42 Å². The summed E-state index contributed by atoms with van der Waals surface area (Å²) in [7, 11) is -3.15. The second kappa shape index (κ2) is 5.03. The third-order valence-corrected chi connectivity index (χ3v) is 6.40. The summed E-state index contributed by atoms with van der Waals surface area (Å²) >= 11 is 0. The van der Waals surface area contributed by atoms with E-state index in [4.69, 9.17) is 11.5 Å². The molecule has 2 aromatic rings. The molecule has 10 heteroatoms. The number of nitrogens with zero attached hydrogens (tertiary/aromatic N) is 5. The molecule has 0 spiro atoms. The molecule has 23 heavy (non-hydrogen) atoms. The molecule has 0 amide bonds. The fraction of sp³-hybridized carbons (Fsp3) is 0.615. The molecule has 124 valence electrons. The van der Waals surface area contributed by atoms with Gasteiger partial charge in [-0.1, -0.05) is 12.8 Å². The monoisotopic (exact) mass is 337 g/mol. The first-order valence-electron chi connectivity index (χ1n) is 7.67.